The Morgan fingerprint density at radius 1 is 1.21 bits per heavy atom. The minimum absolute atomic E-state index is 0.239. The predicted octanol–water partition coefficient (Wildman–Crippen LogP) is 3.37. The fourth-order valence-corrected chi connectivity index (χ4v) is 2.86. The van der Waals surface area contributed by atoms with E-state index in [0.717, 1.165) is 35.8 Å². The van der Waals surface area contributed by atoms with Gasteiger partial charge in [0, 0.05) is 17.0 Å². The second kappa shape index (κ2) is 6.12. The predicted molar refractivity (Wildman–Crippen MR) is 78.5 cm³/mol. The van der Waals surface area contributed by atoms with Crippen LogP contribution in [0.3, 0.4) is 0 Å². The minimum atomic E-state index is -0.239. The highest BCUT2D eigenvalue weighted by Gasteiger charge is 2.14. The number of nitrogens with zero attached hydrogens (tertiary/aromatic N) is 2. The fraction of sp³-hybridized carbons (Fsp3) is 0.357. The Kier molecular flexibility index (Phi) is 4.50. The van der Waals surface area contributed by atoms with Crippen LogP contribution in [-0.2, 0) is 6.54 Å². The third-order valence-electron chi connectivity index (χ3n) is 3.09. The molecular weight excluding hydrogens is 261 g/mol. The molecule has 0 amide bonds. The van der Waals surface area contributed by atoms with Crippen LogP contribution in [0.15, 0.2) is 24.3 Å². The van der Waals surface area contributed by atoms with Crippen molar-refractivity contribution in [1.29, 1.82) is 0 Å². The van der Waals surface area contributed by atoms with Crippen molar-refractivity contribution in [2.24, 2.45) is 0 Å². The number of nitrogen functional groups attached to an aromatic ring is 1. The van der Waals surface area contributed by atoms with Crippen LogP contribution in [0, 0.1) is 5.82 Å². The summed E-state index contributed by atoms with van der Waals surface area (Å²) < 4.78 is 13.0. The lowest BCUT2D eigenvalue weighted by molar-refractivity contribution is 0.298. The van der Waals surface area contributed by atoms with Crippen molar-refractivity contribution in [2.45, 2.75) is 20.4 Å². The Balaban J connectivity index is 2.32. The third-order valence-corrected chi connectivity index (χ3v) is 3.96. The maximum absolute atomic E-state index is 13.0. The van der Waals surface area contributed by atoms with E-state index in [0.29, 0.717) is 5.13 Å². The molecule has 19 heavy (non-hydrogen) atoms. The first-order chi connectivity index (χ1) is 9.13. The smallest absolute Gasteiger partial charge is 0.180 e. The van der Waals surface area contributed by atoms with E-state index < -0.39 is 0 Å². The zero-order valence-electron chi connectivity index (χ0n) is 11.2. The highest BCUT2D eigenvalue weighted by atomic mass is 32.1. The molecule has 0 radical (unpaired) electrons. The average Bonchev–Trinajstić information content (AvgIpc) is 2.77. The van der Waals surface area contributed by atoms with E-state index in [1.807, 2.05) is 0 Å². The van der Waals surface area contributed by atoms with Gasteiger partial charge in [-0.15, -0.1) is 11.3 Å². The van der Waals surface area contributed by atoms with Gasteiger partial charge in [0.1, 0.15) is 5.82 Å². The first-order valence-corrected chi connectivity index (χ1v) is 7.19. The number of aromatic nitrogens is 1. The number of hydrogen-bond acceptors (Lipinski definition) is 4. The van der Waals surface area contributed by atoms with E-state index in [1.54, 1.807) is 12.1 Å². The van der Waals surface area contributed by atoms with Gasteiger partial charge in [0.05, 0.1) is 5.69 Å². The number of anilines is 1. The standard InChI is InChI=1S/C14H18FN3S/c1-3-18(4-2)9-12-13(17-14(16)19-12)10-5-7-11(15)8-6-10/h5-8H,3-4,9H2,1-2H3,(H2,16,17). The number of benzene rings is 1. The lowest BCUT2D eigenvalue weighted by Crippen LogP contribution is -2.21. The molecule has 5 heteroatoms. The SMILES string of the molecule is CCN(CC)Cc1sc(N)nc1-c1ccc(F)cc1. The molecule has 0 unspecified atom stereocenters. The Morgan fingerprint density at radius 3 is 2.42 bits per heavy atom. The molecule has 0 saturated heterocycles. The number of nitrogens with two attached hydrogens (primary N) is 1. The molecule has 102 valence electrons. The van der Waals surface area contributed by atoms with Gasteiger partial charge >= 0.3 is 0 Å². The summed E-state index contributed by atoms with van der Waals surface area (Å²) in [6.07, 6.45) is 0. The Labute approximate surface area is 116 Å². The Morgan fingerprint density at radius 2 is 1.84 bits per heavy atom. The van der Waals surface area contributed by atoms with Crippen molar-refractivity contribution >= 4 is 16.5 Å². The van der Waals surface area contributed by atoms with Crippen LogP contribution in [0.25, 0.3) is 11.3 Å². The number of rotatable bonds is 5. The lowest BCUT2D eigenvalue weighted by Gasteiger charge is -2.17. The number of thiazole rings is 1. The topological polar surface area (TPSA) is 42.1 Å². The first-order valence-electron chi connectivity index (χ1n) is 6.37. The van der Waals surface area contributed by atoms with Crippen molar-refractivity contribution < 1.29 is 4.39 Å². The summed E-state index contributed by atoms with van der Waals surface area (Å²) in [5, 5.41) is 0.557. The van der Waals surface area contributed by atoms with Crippen LogP contribution in [0.1, 0.15) is 18.7 Å². The van der Waals surface area contributed by atoms with Gasteiger partial charge in [-0.1, -0.05) is 13.8 Å². The quantitative estimate of drug-likeness (QED) is 0.912. The van der Waals surface area contributed by atoms with Gasteiger partial charge in [-0.3, -0.25) is 4.90 Å². The second-order valence-electron chi connectivity index (χ2n) is 4.29. The summed E-state index contributed by atoms with van der Waals surface area (Å²) in [6.45, 7) is 7.06. The average molecular weight is 279 g/mol. The van der Waals surface area contributed by atoms with E-state index >= 15 is 0 Å². The van der Waals surface area contributed by atoms with Crippen LogP contribution in [0.2, 0.25) is 0 Å². The third kappa shape index (κ3) is 3.30. The summed E-state index contributed by atoms with van der Waals surface area (Å²) in [4.78, 5) is 7.82. The van der Waals surface area contributed by atoms with E-state index in [-0.39, 0.29) is 5.82 Å². The van der Waals surface area contributed by atoms with E-state index in [1.165, 1.54) is 23.5 Å². The number of halogens is 1. The summed E-state index contributed by atoms with van der Waals surface area (Å²) in [7, 11) is 0. The van der Waals surface area contributed by atoms with Gasteiger partial charge in [-0.25, -0.2) is 9.37 Å². The van der Waals surface area contributed by atoms with Crippen LogP contribution >= 0.6 is 11.3 Å². The normalized spacial score (nSPS) is 11.2. The molecule has 0 saturated carbocycles. The van der Waals surface area contributed by atoms with Crippen LogP contribution in [0.4, 0.5) is 9.52 Å². The number of hydrogen-bond donors (Lipinski definition) is 1. The minimum Gasteiger partial charge on any atom is -0.375 e. The molecule has 0 aliphatic heterocycles. The van der Waals surface area contributed by atoms with Gasteiger partial charge in [0.25, 0.3) is 0 Å². The van der Waals surface area contributed by atoms with Crippen LogP contribution in [0.5, 0.6) is 0 Å². The fourth-order valence-electron chi connectivity index (χ4n) is 1.96. The molecule has 1 aromatic carbocycles. The van der Waals surface area contributed by atoms with Crippen LogP contribution in [-0.4, -0.2) is 23.0 Å². The molecule has 1 heterocycles. The molecular formula is C14H18FN3S. The summed E-state index contributed by atoms with van der Waals surface area (Å²) in [5.74, 6) is -0.239. The van der Waals surface area contributed by atoms with Crippen molar-refractivity contribution in [2.75, 3.05) is 18.8 Å². The molecule has 2 aromatic rings. The van der Waals surface area contributed by atoms with Crippen molar-refractivity contribution in [3.05, 3.63) is 35.0 Å². The second-order valence-corrected chi connectivity index (χ2v) is 5.41. The molecule has 0 spiro atoms. The highest BCUT2D eigenvalue weighted by Crippen LogP contribution is 2.30. The Hall–Kier alpha value is -1.46. The largest absolute Gasteiger partial charge is 0.375 e. The van der Waals surface area contributed by atoms with Crippen molar-refractivity contribution in [3.8, 4) is 11.3 Å². The molecule has 0 aliphatic carbocycles. The summed E-state index contributed by atoms with van der Waals surface area (Å²) in [5.41, 5.74) is 7.60. The molecule has 0 fully saturated rings. The summed E-state index contributed by atoms with van der Waals surface area (Å²) in [6, 6.07) is 6.39. The highest BCUT2D eigenvalue weighted by molar-refractivity contribution is 7.15. The van der Waals surface area contributed by atoms with E-state index in [4.69, 9.17) is 5.73 Å². The lowest BCUT2D eigenvalue weighted by atomic mass is 10.1. The molecule has 3 nitrogen and oxygen atoms in total. The molecule has 0 aliphatic rings. The van der Waals surface area contributed by atoms with Gasteiger partial charge < -0.3 is 5.73 Å². The van der Waals surface area contributed by atoms with Gasteiger partial charge in [-0.2, -0.15) is 0 Å². The van der Waals surface area contributed by atoms with Crippen molar-refractivity contribution in [3.63, 3.8) is 0 Å². The Bertz CT molecular complexity index is 532. The van der Waals surface area contributed by atoms with Gasteiger partial charge in [0.2, 0.25) is 0 Å². The zero-order valence-corrected chi connectivity index (χ0v) is 12.0. The first kappa shape index (κ1) is 14.0. The molecule has 0 atom stereocenters. The van der Waals surface area contributed by atoms with Gasteiger partial charge in [-0.05, 0) is 37.4 Å². The molecule has 2 N–H and O–H groups in total. The van der Waals surface area contributed by atoms with E-state index in [9.17, 15) is 4.39 Å². The molecule has 2 rings (SSSR count). The molecule has 1 aromatic heterocycles. The van der Waals surface area contributed by atoms with E-state index in [2.05, 4.69) is 23.7 Å². The zero-order chi connectivity index (χ0) is 13.8. The maximum atomic E-state index is 13.0. The van der Waals surface area contributed by atoms with Crippen LogP contribution < -0.4 is 5.73 Å². The molecule has 0 bridgehead atoms. The monoisotopic (exact) mass is 279 g/mol. The maximum Gasteiger partial charge on any atom is 0.180 e. The van der Waals surface area contributed by atoms with Gasteiger partial charge in [0.15, 0.2) is 5.13 Å². The summed E-state index contributed by atoms with van der Waals surface area (Å²) >= 11 is 1.50. The van der Waals surface area contributed by atoms with Crippen molar-refractivity contribution in [1.82, 2.24) is 9.88 Å².